The Balaban J connectivity index is 1.97. The molecule has 0 aromatic carbocycles. The van der Waals surface area contributed by atoms with E-state index in [-0.39, 0.29) is 28.7 Å². The van der Waals surface area contributed by atoms with Gasteiger partial charge in [-0.25, -0.2) is 23.1 Å². The molecular weight excluding hydrogens is 380 g/mol. The Morgan fingerprint density at radius 3 is 2.63 bits per heavy atom. The van der Waals surface area contributed by atoms with Gasteiger partial charge >= 0.3 is 11.4 Å². The van der Waals surface area contributed by atoms with Crippen LogP contribution in [0.5, 0.6) is 0 Å². The smallest absolute Gasteiger partial charge is 0.295 e. The van der Waals surface area contributed by atoms with E-state index < -0.39 is 29.9 Å². The van der Waals surface area contributed by atoms with Gasteiger partial charge in [-0.2, -0.15) is 5.10 Å². The molecular formula is C16H17F2N5O3S. The second-order valence-electron chi connectivity index (χ2n) is 6.82. The van der Waals surface area contributed by atoms with Crippen LogP contribution in [0.3, 0.4) is 0 Å². The summed E-state index contributed by atoms with van der Waals surface area (Å²) in [5.41, 5.74) is -0.989. The van der Waals surface area contributed by atoms with Crippen LogP contribution in [-0.2, 0) is 13.1 Å². The van der Waals surface area contributed by atoms with Gasteiger partial charge in [-0.1, -0.05) is 6.92 Å². The number of halogens is 2. The SMILES string of the molecule is Cc1c(Cn2nc[nH]c2=O)sc2c1c(=O)n([C@H]1C[C@@H]1C)c(=O)n2CC(F)F. The van der Waals surface area contributed by atoms with Gasteiger partial charge in [0.25, 0.3) is 12.0 Å². The van der Waals surface area contributed by atoms with Gasteiger partial charge in [-0.15, -0.1) is 11.3 Å². The molecule has 11 heteroatoms. The molecule has 1 fully saturated rings. The summed E-state index contributed by atoms with van der Waals surface area (Å²) < 4.78 is 29.5. The molecule has 1 saturated carbocycles. The number of hydrogen-bond donors (Lipinski definition) is 1. The first-order valence-corrected chi connectivity index (χ1v) is 9.27. The summed E-state index contributed by atoms with van der Waals surface area (Å²) >= 11 is 1.07. The summed E-state index contributed by atoms with van der Waals surface area (Å²) in [5.74, 6) is 0.161. The quantitative estimate of drug-likeness (QED) is 0.702. The number of H-pyrrole nitrogens is 1. The molecule has 1 aliphatic carbocycles. The number of alkyl halides is 2. The molecule has 1 N–H and O–H groups in total. The lowest BCUT2D eigenvalue weighted by atomic mass is 10.2. The zero-order valence-corrected chi connectivity index (χ0v) is 15.4. The molecule has 0 saturated heterocycles. The lowest BCUT2D eigenvalue weighted by Crippen LogP contribution is -2.40. The molecule has 3 aromatic rings. The van der Waals surface area contributed by atoms with Gasteiger partial charge in [0.05, 0.1) is 18.5 Å². The molecule has 8 nitrogen and oxygen atoms in total. The highest BCUT2D eigenvalue weighted by Crippen LogP contribution is 2.41. The van der Waals surface area contributed by atoms with Gasteiger partial charge < -0.3 is 0 Å². The molecule has 27 heavy (non-hydrogen) atoms. The van der Waals surface area contributed by atoms with Crippen LogP contribution < -0.4 is 16.9 Å². The maximum atomic E-state index is 13.1. The first-order chi connectivity index (χ1) is 12.8. The van der Waals surface area contributed by atoms with Crippen LogP contribution in [0.4, 0.5) is 8.78 Å². The molecule has 1 aliphatic rings. The summed E-state index contributed by atoms with van der Waals surface area (Å²) in [6, 6.07) is -0.255. The molecule has 144 valence electrons. The summed E-state index contributed by atoms with van der Waals surface area (Å²) in [7, 11) is 0. The van der Waals surface area contributed by atoms with E-state index in [4.69, 9.17) is 0 Å². The number of nitrogens with one attached hydrogen (secondary N) is 1. The van der Waals surface area contributed by atoms with Crippen molar-refractivity contribution in [1.29, 1.82) is 0 Å². The third-order valence-electron chi connectivity index (χ3n) is 4.97. The lowest BCUT2D eigenvalue weighted by molar-refractivity contribution is 0.126. The van der Waals surface area contributed by atoms with E-state index in [1.165, 1.54) is 11.0 Å². The van der Waals surface area contributed by atoms with E-state index in [2.05, 4.69) is 10.1 Å². The highest BCUT2D eigenvalue weighted by molar-refractivity contribution is 7.18. The lowest BCUT2D eigenvalue weighted by Gasteiger charge is -2.11. The van der Waals surface area contributed by atoms with Crippen molar-refractivity contribution in [3.8, 4) is 0 Å². The van der Waals surface area contributed by atoms with Crippen LogP contribution in [0, 0.1) is 12.8 Å². The van der Waals surface area contributed by atoms with Crippen molar-refractivity contribution in [3.63, 3.8) is 0 Å². The van der Waals surface area contributed by atoms with Crippen molar-refractivity contribution in [2.24, 2.45) is 5.92 Å². The number of fused-ring (bicyclic) bond motifs is 1. The second kappa shape index (κ2) is 6.25. The van der Waals surface area contributed by atoms with Crippen molar-refractivity contribution in [1.82, 2.24) is 23.9 Å². The minimum Gasteiger partial charge on any atom is -0.295 e. The van der Waals surface area contributed by atoms with Crippen molar-refractivity contribution in [3.05, 3.63) is 48.1 Å². The zero-order valence-electron chi connectivity index (χ0n) is 14.6. The monoisotopic (exact) mass is 397 g/mol. The number of aromatic nitrogens is 5. The molecule has 2 atom stereocenters. The largest absolute Gasteiger partial charge is 0.343 e. The maximum absolute atomic E-state index is 13.1. The van der Waals surface area contributed by atoms with Gasteiger partial charge in [0.2, 0.25) is 0 Å². The Hall–Kier alpha value is -2.56. The summed E-state index contributed by atoms with van der Waals surface area (Å²) in [6.07, 6.45) is -0.805. The minimum absolute atomic E-state index is 0.0929. The van der Waals surface area contributed by atoms with Gasteiger partial charge in [-0.3, -0.25) is 18.9 Å². The number of rotatable bonds is 5. The molecule has 0 aliphatic heterocycles. The highest BCUT2D eigenvalue weighted by atomic mass is 32.1. The first kappa shape index (κ1) is 17.8. The number of thiophene rings is 1. The van der Waals surface area contributed by atoms with Gasteiger partial charge in [-0.05, 0) is 24.8 Å². The minimum atomic E-state index is -2.73. The average molecular weight is 397 g/mol. The standard InChI is InChI=1S/C16H17F2N5O3S/c1-7-3-9(7)23-13(24)12-8(2)10(4-22-15(25)19-6-20-22)27-14(12)21(16(23)26)5-11(17)18/h6-7,9,11H,3-5H2,1-2H3,(H,19,20,25)/t7-,9-/m0/s1. The topological polar surface area (TPSA) is 94.7 Å². The predicted molar refractivity (Wildman–Crippen MR) is 95.9 cm³/mol. The van der Waals surface area contributed by atoms with Gasteiger partial charge in [0, 0.05) is 10.9 Å². The fourth-order valence-electron chi connectivity index (χ4n) is 3.34. The second-order valence-corrected chi connectivity index (χ2v) is 7.91. The molecule has 4 rings (SSSR count). The van der Waals surface area contributed by atoms with Crippen molar-refractivity contribution in [2.45, 2.75) is 45.8 Å². The molecule has 0 radical (unpaired) electrons. The summed E-state index contributed by atoms with van der Waals surface area (Å²) in [5, 5.41) is 4.14. The third-order valence-corrected chi connectivity index (χ3v) is 6.27. The number of aryl methyl sites for hydroxylation is 1. The average Bonchev–Trinajstić information content (AvgIpc) is 3.01. The number of hydrogen-bond acceptors (Lipinski definition) is 5. The molecule has 0 bridgehead atoms. The number of aromatic amines is 1. The summed E-state index contributed by atoms with van der Waals surface area (Å²) in [6.45, 7) is 2.92. The van der Waals surface area contributed by atoms with Crippen molar-refractivity contribution < 1.29 is 8.78 Å². The normalized spacial score (nSPS) is 19.3. The van der Waals surface area contributed by atoms with Crippen LogP contribution in [0.25, 0.3) is 10.2 Å². The highest BCUT2D eigenvalue weighted by Gasteiger charge is 2.38. The zero-order chi connectivity index (χ0) is 19.5. The first-order valence-electron chi connectivity index (χ1n) is 8.45. The fourth-order valence-corrected chi connectivity index (χ4v) is 4.62. The van der Waals surface area contributed by atoms with E-state index in [1.807, 2.05) is 6.92 Å². The third kappa shape index (κ3) is 2.85. The predicted octanol–water partition coefficient (Wildman–Crippen LogP) is 1.31. The molecule has 3 aromatic heterocycles. The van der Waals surface area contributed by atoms with Gasteiger partial charge in [0.15, 0.2) is 0 Å². The molecule has 0 amide bonds. The maximum Gasteiger partial charge on any atom is 0.343 e. The van der Waals surface area contributed by atoms with E-state index >= 15 is 0 Å². The van der Waals surface area contributed by atoms with Crippen LogP contribution in [-0.4, -0.2) is 30.3 Å². The Kier molecular flexibility index (Phi) is 4.13. The Morgan fingerprint density at radius 2 is 2.07 bits per heavy atom. The van der Waals surface area contributed by atoms with Crippen molar-refractivity contribution in [2.75, 3.05) is 0 Å². The van der Waals surface area contributed by atoms with E-state index in [1.54, 1.807) is 6.92 Å². The Bertz CT molecular complexity index is 1200. The van der Waals surface area contributed by atoms with Gasteiger partial charge in [0.1, 0.15) is 11.2 Å². The molecule has 3 heterocycles. The van der Waals surface area contributed by atoms with Crippen LogP contribution >= 0.6 is 11.3 Å². The van der Waals surface area contributed by atoms with E-state index in [0.717, 1.165) is 20.5 Å². The fraction of sp³-hybridized carbons (Fsp3) is 0.500. The van der Waals surface area contributed by atoms with Crippen LogP contribution in [0.1, 0.15) is 29.8 Å². The van der Waals surface area contributed by atoms with Crippen molar-refractivity contribution >= 4 is 21.6 Å². The summed E-state index contributed by atoms with van der Waals surface area (Å²) in [4.78, 5) is 40.7. The number of nitrogens with zero attached hydrogens (tertiary/aromatic N) is 4. The Labute approximate surface area is 154 Å². The molecule has 0 spiro atoms. The van der Waals surface area contributed by atoms with Crippen LogP contribution in [0.2, 0.25) is 0 Å². The molecule has 0 unspecified atom stereocenters. The van der Waals surface area contributed by atoms with E-state index in [9.17, 15) is 23.2 Å². The Morgan fingerprint density at radius 1 is 1.37 bits per heavy atom. The van der Waals surface area contributed by atoms with Crippen LogP contribution in [0.15, 0.2) is 20.7 Å². The van der Waals surface area contributed by atoms with E-state index in [0.29, 0.717) is 16.9 Å².